The van der Waals surface area contributed by atoms with Gasteiger partial charge in [-0.2, -0.15) is 18.3 Å². The summed E-state index contributed by atoms with van der Waals surface area (Å²) in [5.74, 6) is 0. The first-order valence-corrected chi connectivity index (χ1v) is 9.50. The van der Waals surface area contributed by atoms with E-state index in [1.165, 1.54) is 30.6 Å². The molecule has 0 saturated carbocycles. The maximum Gasteiger partial charge on any atom is 0.433 e. The summed E-state index contributed by atoms with van der Waals surface area (Å²) in [6.45, 7) is 3.33. The number of pyridine rings is 1. The number of rotatable bonds is 5. The molecule has 0 atom stereocenters. The maximum absolute atomic E-state index is 13.9. The van der Waals surface area contributed by atoms with Gasteiger partial charge in [0, 0.05) is 23.5 Å². The molecule has 146 valence electrons. The van der Waals surface area contributed by atoms with Crippen molar-refractivity contribution in [3.8, 4) is 22.4 Å². The fraction of sp³-hybridized carbons (Fsp3) is 0.111. The van der Waals surface area contributed by atoms with Crippen molar-refractivity contribution in [1.29, 1.82) is 0 Å². The minimum Gasteiger partial charge on any atom is -0.265 e. The smallest absolute Gasteiger partial charge is 0.265 e. The zero-order chi connectivity index (χ0) is 20.5. The van der Waals surface area contributed by atoms with Crippen LogP contribution in [0.5, 0.6) is 0 Å². The number of hydrogen-bond acceptors (Lipinski definition) is 4. The molecule has 2 aromatic heterocycles. The fourth-order valence-corrected chi connectivity index (χ4v) is 3.32. The summed E-state index contributed by atoms with van der Waals surface area (Å²) in [5.41, 5.74) is -0.431. The average Bonchev–Trinajstić information content (AvgIpc) is 3.02. The summed E-state index contributed by atoms with van der Waals surface area (Å²) in [5, 5.41) is 9.21. The molecule has 3 aromatic rings. The van der Waals surface area contributed by atoms with Crippen molar-refractivity contribution < 1.29 is 21.6 Å². The van der Waals surface area contributed by atoms with E-state index in [9.17, 15) is 21.6 Å². The molecule has 0 radical (unpaired) electrons. The van der Waals surface area contributed by atoms with Gasteiger partial charge >= 0.3 is 6.18 Å². The lowest BCUT2D eigenvalue weighted by molar-refractivity contribution is -0.143. The lowest BCUT2D eigenvalue weighted by Crippen LogP contribution is -2.15. The van der Waals surface area contributed by atoms with Gasteiger partial charge in [-0.05, 0) is 29.8 Å². The van der Waals surface area contributed by atoms with Crippen LogP contribution < -0.4 is 5.14 Å². The standard InChI is InChI=1S/C18H15F3N4O2S/c1-2-11-25-17(18(19,20)21)15(16(24-25)13-7-9-23-10-8-13)12-3-5-14(6-4-12)28(22,26)27/h2-10H,1,11H2,(H2,22,26,27). The number of nitrogens with two attached hydrogens (primary N) is 1. The number of benzene rings is 1. The first kappa shape index (κ1) is 19.8. The molecule has 2 heterocycles. The van der Waals surface area contributed by atoms with E-state index in [-0.39, 0.29) is 28.3 Å². The van der Waals surface area contributed by atoms with Gasteiger partial charge in [0.25, 0.3) is 0 Å². The molecule has 0 unspecified atom stereocenters. The lowest BCUT2D eigenvalue weighted by atomic mass is 9.99. The van der Waals surface area contributed by atoms with E-state index < -0.39 is 21.9 Å². The first-order valence-electron chi connectivity index (χ1n) is 7.95. The molecule has 0 amide bonds. The van der Waals surface area contributed by atoms with E-state index in [0.717, 1.165) is 16.8 Å². The molecule has 1 aromatic carbocycles. The van der Waals surface area contributed by atoms with Crippen LogP contribution in [0.3, 0.4) is 0 Å². The van der Waals surface area contributed by atoms with Crippen molar-refractivity contribution in [2.24, 2.45) is 5.14 Å². The van der Waals surface area contributed by atoms with Gasteiger partial charge in [-0.3, -0.25) is 9.67 Å². The second-order valence-electron chi connectivity index (χ2n) is 5.85. The van der Waals surface area contributed by atoms with E-state index in [4.69, 9.17) is 5.14 Å². The number of hydrogen-bond donors (Lipinski definition) is 1. The van der Waals surface area contributed by atoms with Crippen molar-refractivity contribution in [2.75, 3.05) is 0 Å². The van der Waals surface area contributed by atoms with Crippen molar-refractivity contribution >= 4 is 10.0 Å². The van der Waals surface area contributed by atoms with E-state index in [1.54, 1.807) is 12.1 Å². The van der Waals surface area contributed by atoms with Crippen LogP contribution in [0.1, 0.15) is 5.69 Å². The van der Waals surface area contributed by atoms with Crippen LogP contribution in [0.2, 0.25) is 0 Å². The molecule has 0 aliphatic carbocycles. The summed E-state index contributed by atoms with van der Waals surface area (Å²) in [6, 6.07) is 7.95. The SMILES string of the molecule is C=CCn1nc(-c2ccncc2)c(-c2ccc(S(N)(=O)=O)cc2)c1C(F)(F)F. The predicted octanol–water partition coefficient (Wildman–Crippen LogP) is 3.46. The molecule has 10 heteroatoms. The zero-order valence-electron chi connectivity index (χ0n) is 14.4. The van der Waals surface area contributed by atoms with Crippen molar-refractivity contribution in [3.05, 3.63) is 67.1 Å². The van der Waals surface area contributed by atoms with Gasteiger partial charge in [0.05, 0.1) is 11.4 Å². The van der Waals surface area contributed by atoms with Crippen molar-refractivity contribution in [3.63, 3.8) is 0 Å². The largest absolute Gasteiger partial charge is 0.433 e. The highest BCUT2D eigenvalue weighted by atomic mass is 32.2. The highest BCUT2D eigenvalue weighted by molar-refractivity contribution is 7.89. The summed E-state index contributed by atoms with van der Waals surface area (Å²) in [6.07, 6.45) is -0.492. The zero-order valence-corrected chi connectivity index (χ0v) is 15.2. The fourth-order valence-electron chi connectivity index (χ4n) is 2.80. The number of halogens is 3. The Morgan fingerprint density at radius 3 is 2.18 bits per heavy atom. The number of sulfonamides is 1. The van der Waals surface area contributed by atoms with E-state index in [0.29, 0.717) is 5.56 Å². The molecule has 0 fully saturated rings. The Balaban J connectivity index is 2.32. The molecule has 6 nitrogen and oxygen atoms in total. The first-order chi connectivity index (χ1) is 13.1. The quantitative estimate of drug-likeness (QED) is 0.655. The van der Waals surface area contributed by atoms with Crippen LogP contribution in [0.15, 0.2) is 66.3 Å². The minimum atomic E-state index is -4.70. The Morgan fingerprint density at radius 2 is 1.68 bits per heavy atom. The summed E-state index contributed by atoms with van der Waals surface area (Å²) in [4.78, 5) is 3.67. The highest BCUT2D eigenvalue weighted by Crippen LogP contribution is 2.42. The second-order valence-corrected chi connectivity index (χ2v) is 7.41. The Bertz CT molecular complexity index is 1110. The van der Waals surface area contributed by atoms with Gasteiger partial charge in [0.15, 0.2) is 5.69 Å². The molecule has 28 heavy (non-hydrogen) atoms. The molecular formula is C18H15F3N4O2S. The topological polar surface area (TPSA) is 90.9 Å². The molecule has 0 spiro atoms. The van der Waals surface area contributed by atoms with E-state index in [2.05, 4.69) is 16.7 Å². The van der Waals surface area contributed by atoms with Crippen LogP contribution in [0.4, 0.5) is 13.2 Å². The van der Waals surface area contributed by atoms with Crippen molar-refractivity contribution in [2.45, 2.75) is 17.6 Å². The third kappa shape index (κ3) is 3.82. The predicted molar refractivity (Wildman–Crippen MR) is 97.5 cm³/mol. The minimum absolute atomic E-state index is 0.0972. The highest BCUT2D eigenvalue weighted by Gasteiger charge is 2.40. The summed E-state index contributed by atoms with van der Waals surface area (Å²) in [7, 11) is -3.97. The number of aromatic nitrogens is 3. The van der Waals surface area contributed by atoms with E-state index in [1.807, 2.05) is 0 Å². The average molecular weight is 408 g/mol. The number of nitrogens with zero attached hydrogens (tertiary/aromatic N) is 3. The van der Waals surface area contributed by atoms with Crippen LogP contribution >= 0.6 is 0 Å². The Morgan fingerprint density at radius 1 is 1.07 bits per heavy atom. The molecule has 0 saturated heterocycles. The van der Waals surface area contributed by atoms with Crippen LogP contribution in [-0.2, 0) is 22.7 Å². The number of alkyl halides is 3. The Hall–Kier alpha value is -2.98. The number of primary sulfonamides is 1. The molecule has 2 N–H and O–H groups in total. The summed E-state index contributed by atoms with van der Waals surface area (Å²) < 4.78 is 65.4. The van der Waals surface area contributed by atoms with Crippen LogP contribution in [0.25, 0.3) is 22.4 Å². The third-order valence-electron chi connectivity index (χ3n) is 3.95. The van der Waals surface area contributed by atoms with Gasteiger partial charge in [-0.1, -0.05) is 18.2 Å². The molecule has 3 rings (SSSR count). The van der Waals surface area contributed by atoms with Crippen LogP contribution in [-0.4, -0.2) is 23.2 Å². The summed E-state index contributed by atoms with van der Waals surface area (Å²) >= 11 is 0. The van der Waals surface area contributed by atoms with Crippen molar-refractivity contribution in [1.82, 2.24) is 14.8 Å². The second kappa shape index (κ2) is 7.21. The molecule has 0 bridgehead atoms. The Kier molecular flexibility index (Phi) is 5.09. The number of allylic oxidation sites excluding steroid dienone is 1. The third-order valence-corrected chi connectivity index (χ3v) is 4.88. The lowest BCUT2D eigenvalue weighted by Gasteiger charge is -2.12. The molecule has 0 aliphatic heterocycles. The van der Waals surface area contributed by atoms with Gasteiger partial charge in [-0.15, -0.1) is 6.58 Å². The normalized spacial score (nSPS) is 12.1. The van der Waals surface area contributed by atoms with Gasteiger partial charge < -0.3 is 0 Å². The van der Waals surface area contributed by atoms with Gasteiger partial charge in [-0.25, -0.2) is 13.6 Å². The molecule has 0 aliphatic rings. The monoisotopic (exact) mass is 408 g/mol. The Labute approximate surface area is 159 Å². The van der Waals surface area contributed by atoms with Crippen LogP contribution in [0, 0.1) is 0 Å². The van der Waals surface area contributed by atoms with Gasteiger partial charge in [0.1, 0.15) is 5.69 Å². The van der Waals surface area contributed by atoms with Gasteiger partial charge in [0.2, 0.25) is 10.0 Å². The molecular weight excluding hydrogens is 393 g/mol. The maximum atomic E-state index is 13.9. The van der Waals surface area contributed by atoms with E-state index >= 15 is 0 Å².